The molecule has 0 heterocycles. The Morgan fingerprint density at radius 2 is 1.76 bits per heavy atom. The van der Waals surface area contributed by atoms with Gasteiger partial charge in [0.05, 0.1) is 13.0 Å². The topological polar surface area (TPSA) is 66.8 Å². The van der Waals surface area contributed by atoms with Gasteiger partial charge in [0.2, 0.25) is 5.91 Å². The highest BCUT2D eigenvalue weighted by molar-refractivity contribution is 5.79. The number of methoxy groups -OCH3 is 1. The normalized spacial score (nSPS) is 12.0. The molecule has 0 saturated heterocycles. The molecular formula is C16H23NO4. The second kappa shape index (κ2) is 7.67. The van der Waals surface area contributed by atoms with Crippen molar-refractivity contribution < 1.29 is 19.4 Å². The van der Waals surface area contributed by atoms with Crippen molar-refractivity contribution in [1.29, 1.82) is 0 Å². The van der Waals surface area contributed by atoms with Crippen LogP contribution in [0.25, 0.3) is 0 Å². The zero-order chi connectivity index (χ0) is 16.0. The molecule has 5 heteroatoms. The Kier molecular flexibility index (Phi) is 6.21. The number of carbonyl (C=O) groups excluding carboxylic acids is 1. The maximum absolute atomic E-state index is 12.2. The lowest BCUT2D eigenvalue weighted by Crippen LogP contribution is -2.38. The number of nitrogens with zero attached hydrogens (tertiary/aromatic N) is 1. The fourth-order valence-electron chi connectivity index (χ4n) is 1.96. The predicted molar refractivity (Wildman–Crippen MR) is 80.0 cm³/mol. The lowest BCUT2D eigenvalue weighted by molar-refractivity contribution is -0.144. The van der Waals surface area contributed by atoms with Crippen LogP contribution in [0, 0.1) is 11.8 Å². The Balaban J connectivity index is 2.85. The standard InChI is InChI=1S/C16H23NO4/c1-11(2)15(18)17(9-12(3)16(19)20)10-13-5-7-14(21-4)8-6-13/h5-8,11-12H,9-10H2,1-4H3,(H,19,20). The molecule has 0 radical (unpaired) electrons. The zero-order valence-electron chi connectivity index (χ0n) is 13.0. The number of hydrogen-bond donors (Lipinski definition) is 1. The third-order valence-corrected chi connectivity index (χ3v) is 3.25. The Morgan fingerprint density at radius 3 is 2.19 bits per heavy atom. The first-order valence-corrected chi connectivity index (χ1v) is 6.99. The molecule has 1 N–H and O–H groups in total. The van der Waals surface area contributed by atoms with E-state index in [-0.39, 0.29) is 18.4 Å². The molecule has 5 nitrogen and oxygen atoms in total. The number of aliphatic carboxylic acids is 1. The van der Waals surface area contributed by atoms with Crippen LogP contribution in [0.2, 0.25) is 0 Å². The van der Waals surface area contributed by atoms with Crippen molar-refractivity contribution in [3.8, 4) is 5.75 Å². The number of amides is 1. The lowest BCUT2D eigenvalue weighted by atomic mass is 10.1. The van der Waals surface area contributed by atoms with Gasteiger partial charge in [0, 0.05) is 19.0 Å². The van der Waals surface area contributed by atoms with Crippen molar-refractivity contribution in [3.63, 3.8) is 0 Å². The third kappa shape index (κ3) is 5.10. The summed E-state index contributed by atoms with van der Waals surface area (Å²) in [6, 6.07) is 7.41. The van der Waals surface area contributed by atoms with Crippen LogP contribution in [0.1, 0.15) is 26.3 Å². The molecule has 0 aliphatic heterocycles. The minimum absolute atomic E-state index is 0.0427. The van der Waals surface area contributed by atoms with Gasteiger partial charge in [-0.2, -0.15) is 0 Å². The van der Waals surface area contributed by atoms with Crippen molar-refractivity contribution in [3.05, 3.63) is 29.8 Å². The van der Waals surface area contributed by atoms with E-state index in [0.717, 1.165) is 11.3 Å². The highest BCUT2D eigenvalue weighted by Gasteiger charge is 2.22. The van der Waals surface area contributed by atoms with Crippen LogP contribution in [0.5, 0.6) is 5.75 Å². The summed E-state index contributed by atoms with van der Waals surface area (Å²) in [5.74, 6) is -0.945. The largest absolute Gasteiger partial charge is 0.497 e. The summed E-state index contributed by atoms with van der Waals surface area (Å²) in [4.78, 5) is 24.8. The average Bonchev–Trinajstić information content (AvgIpc) is 2.46. The van der Waals surface area contributed by atoms with E-state index in [1.165, 1.54) is 0 Å². The maximum Gasteiger partial charge on any atom is 0.308 e. The number of rotatable bonds is 7. The molecule has 1 aromatic rings. The first-order valence-electron chi connectivity index (χ1n) is 6.99. The molecule has 0 fully saturated rings. The van der Waals surface area contributed by atoms with E-state index in [0.29, 0.717) is 6.54 Å². The molecule has 0 spiro atoms. The highest BCUT2D eigenvalue weighted by atomic mass is 16.5. The predicted octanol–water partition coefficient (Wildman–Crippen LogP) is 2.40. The monoisotopic (exact) mass is 293 g/mol. The molecule has 0 aliphatic rings. The molecule has 21 heavy (non-hydrogen) atoms. The first kappa shape index (κ1) is 17.0. The second-order valence-electron chi connectivity index (χ2n) is 5.46. The van der Waals surface area contributed by atoms with Crippen LogP contribution in [0.4, 0.5) is 0 Å². The van der Waals surface area contributed by atoms with Crippen molar-refractivity contribution >= 4 is 11.9 Å². The Morgan fingerprint density at radius 1 is 1.19 bits per heavy atom. The van der Waals surface area contributed by atoms with Gasteiger partial charge in [0.15, 0.2) is 0 Å². The van der Waals surface area contributed by atoms with Gasteiger partial charge >= 0.3 is 5.97 Å². The summed E-state index contributed by atoms with van der Waals surface area (Å²) < 4.78 is 5.10. The van der Waals surface area contributed by atoms with E-state index < -0.39 is 11.9 Å². The number of ether oxygens (including phenoxy) is 1. The second-order valence-corrected chi connectivity index (χ2v) is 5.46. The van der Waals surface area contributed by atoms with Crippen LogP contribution < -0.4 is 4.74 Å². The summed E-state index contributed by atoms with van der Waals surface area (Å²) in [6.45, 7) is 5.84. The fourth-order valence-corrected chi connectivity index (χ4v) is 1.96. The fraction of sp³-hybridized carbons (Fsp3) is 0.500. The van der Waals surface area contributed by atoms with Gasteiger partial charge in [-0.3, -0.25) is 9.59 Å². The Bertz CT molecular complexity index is 482. The van der Waals surface area contributed by atoms with Crippen LogP contribution in [-0.2, 0) is 16.1 Å². The number of benzene rings is 1. The number of carbonyl (C=O) groups is 2. The molecule has 1 amide bonds. The summed E-state index contributed by atoms with van der Waals surface area (Å²) >= 11 is 0. The summed E-state index contributed by atoms with van der Waals surface area (Å²) in [5.41, 5.74) is 0.947. The minimum Gasteiger partial charge on any atom is -0.497 e. The van der Waals surface area contributed by atoms with Gasteiger partial charge in [0.1, 0.15) is 5.75 Å². The smallest absolute Gasteiger partial charge is 0.308 e. The van der Waals surface area contributed by atoms with E-state index in [9.17, 15) is 9.59 Å². The molecule has 0 aliphatic carbocycles. The van der Waals surface area contributed by atoms with Crippen LogP contribution >= 0.6 is 0 Å². The van der Waals surface area contributed by atoms with E-state index in [4.69, 9.17) is 9.84 Å². The van der Waals surface area contributed by atoms with Crippen LogP contribution in [-0.4, -0.2) is 35.5 Å². The van der Waals surface area contributed by atoms with E-state index in [1.54, 1.807) is 18.9 Å². The summed E-state index contributed by atoms with van der Waals surface area (Å²) in [5, 5.41) is 9.03. The van der Waals surface area contributed by atoms with Crippen LogP contribution in [0.3, 0.4) is 0 Å². The maximum atomic E-state index is 12.2. The van der Waals surface area contributed by atoms with E-state index in [1.807, 2.05) is 38.1 Å². The quantitative estimate of drug-likeness (QED) is 0.838. The molecular weight excluding hydrogens is 270 g/mol. The first-order chi connectivity index (χ1) is 9.85. The third-order valence-electron chi connectivity index (χ3n) is 3.25. The molecule has 116 valence electrons. The van der Waals surface area contributed by atoms with Crippen molar-refractivity contribution in [1.82, 2.24) is 4.90 Å². The highest BCUT2D eigenvalue weighted by Crippen LogP contribution is 2.15. The Hall–Kier alpha value is -2.04. The average molecular weight is 293 g/mol. The number of hydrogen-bond acceptors (Lipinski definition) is 3. The van der Waals surface area contributed by atoms with E-state index >= 15 is 0 Å². The Labute approximate surface area is 125 Å². The minimum atomic E-state index is -0.897. The van der Waals surface area contributed by atoms with Gasteiger partial charge in [-0.05, 0) is 17.7 Å². The van der Waals surface area contributed by atoms with Gasteiger partial charge in [-0.15, -0.1) is 0 Å². The zero-order valence-corrected chi connectivity index (χ0v) is 13.0. The van der Waals surface area contributed by atoms with E-state index in [2.05, 4.69) is 0 Å². The summed E-state index contributed by atoms with van der Waals surface area (Å²) in [6.07, 6.45) is 0. The van der Waals surface area contributed by atoms with Crippen molar-refractivity contribution in [2.45, 2.75) is 27.3 Å². The number of carboxylic acid groups (broad SMARTS) is 1. The summed E-state index contributed by atoms with van der Waals surface area (Å²) in [7, 11) is 1.60. The van der Waals surface area contributed by atoms with Gasteiger partial charge in [-0.25, -0.2) is 0 Å². The molecule has 1 atom stereocenters. The molecule has 1 rings (SSSR count). The van der Waals surface area contributed by atoms with Crippen LogP contribution in [0.15, 0.2) is 24.3 Å². The van der Waals surface area contributed by atoms with Gasteiger partial charge in [0.25, 0.3) is 0 Å². The van der Waals surface area contributed by atoms with Gasteiger partial charge < -0.3 is 14.7 Å². The van der Waals surface area contributed by atoms with Crippen molar-refractivity contribution in [2.75, 3.05) is 13.7 Å². The SMILES string of the molecule is COc1ccc(CN(CC(C)C(=O)O)C(=O)C(C)C)cc1. The number of carboxylic acids is 1. The lowest BCUT2D eigenvalue weighted by Gasteiger charge is -2.26. The van der Waals surface area contributed by atoms with Gasteiger partial charge in [-0.1, -0.05) is 32.9 Å². The molecule has 0 aromatic heterocycles. The van der Waals surface area contributed by atoms with Crippen molar-refractivity contribution in [2.24, 2.45) is 11.8 Å². The molecule has 1 aromatic carbocycles. The molecule has 0 bridgehead atoms. The molecule has 1 unspecified atom stereocenters. The molecule has 0 saturated carbocycles.